The molecule has 27 heavy (non-hydrogen) atoms. The number of nitrogens with zero attached hydrogens (tertiary/aromatic N) is 3. The van der Waals surface area contributed by atoms with Crippen LogP contribution in [0.2, 0.25) is 0 Å². The molecule has 2 heterocycles. The number of nitro benzene ring substituents is 1. The first kappa shape index (κ1) is 18.7. The Kier molecular flexibility index (Phi) is 5.60. The van der Waals surface area contributed by atoms with E-state index in [0.29, 0.717) is 17.0 Å². The normalized spacial score (nSPS) is 10.9. The Labute approximate surface area is 158 Å². The minimum absolute atomic E-state index is 0.0189. The minimum atomic E-state index is -0.526. The van der Waals surface area contributed by atoms with Crippen LogP contribution in [0, 0.1) is 10.1 Å². The summed E-state index contributed by atoms with van der Waals surface area (Å²) in [5.74, 6) is -0.526. The Bertz CT molecular complexity index is 1040. The average molecular weight is 387 g/mol. The van der Waals surface area contributed by atoms with Gasteiger partial charge in [0.2, 0.25) is 0 Å². The lowest BCUT2D eigenvalue weighted by molar-refractivity contribution is -0.384. The highest BCUT2D eigenvalue weighted by molar-refractivity contribution is 7.17. The Morgan fingerprint density at radius 3 is 2.74 bits per heavy atom. The fraction of sp³-hybridized carbons (Fsp3) is 0.278. The van der Waals surface area contributed by atoms with Crippen LogP contribution in [0.15, 0.2) is 40.8 Å². The molecule has 9 heteroatoms. The van der Waals surface area contributed by atoms with Crippen molar-refractivity contribution < 1.29 is 14.5 Å². The summed E-state index contributed by atoms with van der Waals surface area (Å²) in [6, 6.07) is 5.94. The predicted octanol–water partition coefficient (Wildman–Crippen LogP) is 3.37. The number of fused-ring (bicyclic) bond motifs is 1. The third-order valence-corrected chi connectivity index (χ3v) is 4.90. The topological polar surface area (TPSA) is 104 Å². The molecule has 0 bridgehead atoms. The molecule has 0 atom stereocenters. The molecule has 0 spiro atoms. The predicted molar refractivity (Wildman–Crippen MR) is 101 cm³/mol. The summed E-state index contributed by atoms with van der Waals surface area (Å²) in [7, 11) is 0. The SMILES string of the molecule is CCCCOC(=O)c1csc2ncn(Cc3ccc([N+](=O)[O-])cc3)c(=O)c12. The van der Waals surface area contributed by atoms with E-state index in [1.807, 2.05) is 6.92 Å². The van der Waals surface area contributed by atoms with Crippen molar-refractivity contribution in [1.29, 1.82) is 0 Å². The molecule has 8 nitrogen and oxygen atoms in total. The van der Waals surface area contributed by atoms with E-state index in [0.717, 1.165) is 12.8 Å². The number of non-ortho nitro benzene ring substituents is 1. The second kappa shape index (κ2) is 8.09. The molecule has 0 aliphatic carbocycles. The van der Waals surface area contributed by atoms with Gasteiger partial charge in [-0.05, 0) is 12.0 Å². The smallest absolute Gasteiger partial charge is 0.339 e. The van der Waals surface area contributed by atoms with Gasteiger partial charge in [0.15, 0.2) is 0 Å². The molecule has 0 saturated carbocycles. The molecule has 0 amide bonds. The molecule has 0 aliphatic heterocycles. The first-order chi connectivity index (χ1) is 13.0. The third-order valence-electron chi connectivity index (χ3n) is 4.01. The van der Waals surface area contributed by atoms with Crippen molar-refractivity contribution in [2.24, 2.45) is 0 Å². The molecule has 3 rings (SSSR count). The van der Waals surface area contributed by atoms with Crippen LogP contribution in [-0.4, -0.2) is 27.1 Å². The summed E-state index contributed by atoms with van der Waals surface area (Å²) in [4.78, 5) is 40.1. The zero-order valence-electron chi connectivity index (χ0n) is 14.6. The van der Waals surface area contributed by atoms with Crippen molar-refractivity contribution in [2.45, 2.75) is 26.3 Å². The number of nitro groups is 1. The first-order valence-corrected chi connectivity index (χ1v) is 9.26. The van der Waals surface area contributed by atoms with Crippen molar-refractivity contribution in [3.63, 3.8) is 0 Å². The molecule has 0 fully saturated rings. The molecule has 2 aromatic heterocycles. The van der Waals surface area contributed by atoms with E-state index in [-0.39, 0.29) is 28.7 Å². The molecule has 1 aromatic carbocycles. The summed E-state index contributed by atoms with van der Waals surface area (Å²) >= 11 is 1.22. The Hall–Kier alpha value is -3.07. The van der Waals surface area contributed by atoms with E-state index in [2.05, 4.69) is 4.98 Å². The number of ether oxygens (including phenoxy) is 1. The van der Waals surface area contributed by atoms with E-state index in [9.17, 15) is 19.7 Å². The maximum atomic E-state index is 12.8. The highest BCUT2D eigenvalue weighted by Gasteiger charge is 2.18. The molecular weight excluding hydrogens is 370 g/mol. The monoisotopic (exact) mass is 387 g/mol. The maximum Gasteiger partial charge on any atom is 0.339 e. The van der Waals surface area contributed by atoms with Crippen LogP contribution < -0.4 is 5.56 Å². The van der Waals surface area contributed by atoms with Crippen molar-refractivity contribution in [3.05, 3.63) is 67.6 Å². The number of benzene rings is 1. The Morgan fingerprint density at radius 1 is 1.33 bits per heavy atom. The van der Waals surface area contributed by atoms with Crippen LogP contribution in [0.4, 0.5) is 5.69 Å². The number of hydrogen-bond acceptors (Lipinski definition) is 7. The maximum absolute atomic E-state index is 12.8. The summed E-state index contributed by atoms with van der Waals surface area (Å²) < 4.78 is 6.59. The van der Waals surface area contributed by atoms with Crippen LogP contribution in [-0.2, 0) is 11.3 Å². The summed E-state index contributed by atoms with van der Waals surface area (Å²) in [5.41, 5.74) is 0.574. The van der Waals surface area contributed by atoms with Crippen LogP contribution in [0.25, 0.3) is 10.2 Å². The standard InChI is InChI=1S/C18H17N3O5S/c1-2-3-8-26-18(23)14-10-27-16-15(14)17(22)20(11-19-16)9-12-4-6-13(7-5-12)21(24)25/h4-7,10-11H,2-3,8-9H2,1H3. The van der Waals surface area contributed by atoms with E-state index in [4.69, 9.17) is 4.74 Å². The van der Waals surface area contributed by atoms with Crippen LogP contribution >= 0.6 is 11.3 Å². The number of unbranched alkanes of at least 4 members (excludes halogenated alkanes) is 1. The van der Waals surface area contributed by atoms with Crippen molar-refractivity contribution >= 4 is 33.2 Å². The molecule has 0 radical (unpaired) electrons. The average Bonchev–Trinajstić information content (AvgIpc) is 3.09. The van der Waals surface area contributed by atoms with Gasteiger partial charge in [-0.25, -0.2) is 9.78 Å². The highest BCUT2D eigenvalue weighted by Crippen LogP contribution is 2.22. The molecule has 0 N–H and O–H groups in total. The number of rotatable bonds is 7. The molecule has 0 saturated heterocycles. The molecule has 0 unspecified atom stereocenters. The van der Waals surface area contributed by atoms with Gasteiger partial charge in [0.1, 0.15) is 4.83 Å². The van der Waals surface area contributed by atoms with Crippen LogP contribution in [0.3, 0.4) is 0 Å². The van der Waals surface area contributed by atoms with Crippen LogP contribution in [0.1, 0.15) is 35.7 Å². The largest absolute Gasteiger partial charge is 0.462 e. The van der Waals surface area contributed by atoms with E-state index in [1.165, 1.54) is 34.4 Å². The lowest BCUT2D eigenvalue weighted by Crippen LogP contribution is -2.22. The van der Waals surface area contributed by atoms with Crippen LogP contribution in [0.5, 0.6) is 0 Å². The second-order valence-corrected chi connectivity index (χ2v) is 6.78. The van der Waals surface area contributed by atoms with Crippen molar-refractivity contribution in [1.82, 2.24) is 9.55 Å². The third kappa shape index (κ3) is 4.03. The van der Waals surface area contributed by atoms with Gasteiger partial charge in [0.25, 0.3) is 11.2 Å². The van der Waals surface area contributed by atoms with Gasteiger partial charge >= 0.3 is 5.97 Å². The van der Waals surface area contributed by atoms with Gasteiger partial charge < -0.3 is 4.74 Å². The number of aromatic nitrogens is 2. The highest BCUT2D eigenvalue weighted by atomic mass is 32.1. The summed E-state index contributed by atoms with van der Waals surface area (Å²) in [6.07, 6.45) is 3.08. The van der Waals surface area contributed by atoms with Gasteiger partial charge in [-0.15, -0.1) is 11.3 Å². The van der Waals surface area contributed by atoms with E-state index < -0.39 is 10.9 Å². The van der Waals surface area contributed by atoms with Gasteiger partial charge in [-0.2, -0.15) is 0 Å². The van der Waals surface area contributed by atoms with Crippen molar-refractivity contribution in [2.75, 3.05) is 6.61 Å². The minimum Gasteiger partial charge on any atom is -0.462 e. The molecule has 3 aromatic rings. The fourth-order valence-electron chi connectivity index (χ4n) is 2.54. The van der Waals surface area contributed by atoms with Gasteiger partial charge in [0.05, 0.1) is 35.4 Å². The van der Waals surface area contributed by atoms with Crippen molar-refractivity contribution in [3.8, 4) is 0 Å². The number of thiophene rings is 1. The van der Waals surface area contributed by atoms with E-state index in [1.54, 1.807) is 17.5 Å². The van der Waals surface area contributed by atoms with Gasteiger partial charge in [-0.3, -0.25) is 19.5 Å². The number of carbonyl (C=O) groups excluding carboxylic acids is 1. The van der Waals surface area contributed by atoms with Gasteiger partial charge in [0, 0.05) is 17.5 Å². The Morgan fingerprint density at radius 2 is 2.07 bits per heavy atom. The molecule has 140 valence electrons. The van der Waals surface area contributed by atoms with Gasteiger partial charge in [-0.1, -0.05) is 25.5 Å². The lowest BCUT2D eigenvalue weighted by Gasteiger charge is -2.06. The molecular formula is C18H17N3O5S. The fourth-order valence-corrected chi connectivity index (χ4v) is 3.40. The lowest BCUT2D eigenvalue weighted by atomic mass is 10.2. The number of hydrogen-bond donors (Lipinski definition) is 0. The Balaban J connectivity index is 1.90. The second-order valence-electron chi connectivity index (χ2n) is 5.92. The summed E-state index contributed by atoms with van der Waals surface area (Å²) in [5, 5.41) is 12.6. The van der Waals surface area contributed by atoms with E-state index >= 15 is 0 Å². The number of esters is 1. The number of carbonyl (C=O) groups is 1. The first-order valence-electron chi connectivity index (χ1n) is 8.38. The quantitative estimate of drug-likeness (QED) is 0.266. The zero-order valence-corrected chi connectivity index (χ0v) is 15.4. The zero-order chi connectivity index (χ0) is 19.4. The summed E-state index contributed by atoms with van der Waals surface area (Å²) in [6.45, 7) is 2.50. The molecule has 0 aliphatic rings.